The predicted octanol–water partition coefficient (Wildman–Crippen LogP) is 1.65. The lowest BCUT2D eigenvalue weighted by molar-refractivity contribution is -0.126. The number of ether oxygens (including phenoxy) is 1. The molecule has 0 fully saturated rings. The number of nitrogens with one attached hydrogen (secondary N) is 1. The minimum Gasteiger partial charge on any atom is -0.391 e. The first-order valence-corrected chi connectivity index (χ1v) is 7.83. The molecule has 0 bridgehead atoms. The van der Waals surface area contributed by atoms with Gasteiger partial charge in [0.2, 0.25) is 5.91 Å². The van der Waals surface area contributed by atoms with Crippen molar-refractivity contribution in [2.75, 3.05) is 13.2 Å². The molecule has 0 aliphatic rings. The second kappa shape index (κ2) is 10.3. The number of hydrogen-bond acceptors (Lipinski definition) is 4. The predicted molar refractivity (Wildman–Crippen MR) is 86.9 cm³/mol. The molecule has 0 saturated carbocycles. The first-order chi connectivity index (χ1) is 10.5. The molecule has 0 unspecified atom stereocenters. The average Bonchev–Trinajstić information content (AvgIpc) is 2.51. The molecule has 1 rings (SSSR count). The monoisotopic (exact) mass is 308 g/mol. The normalized spacial score (nSPS) is 13.9. The van der Waals surface area contributed by atoms with Crippen molar-refractivity contribution < 1.29 is 14.6 Å². The number of hydrazine groups is 1. The molecule has 1 amide bonds. The number of aliphatic hydroxyl groups excluding tert-OH is 1. The van der Waals surface area contributed by atoms with Gasteiger partial charge in [-0.1, -0.05) is 44.2 Å². The Morgan fingerprint density at radius 1 is 1.32 bits per heavy atom. The number of nitrogens with two attached hydrogens (primary N) is 1. The maximum Gasteiger partial charge on any atom is 0.237 e. The zero-order valence-corrected chi connectivity index (χ0v) is 13.5. The van der Waals surface area contributed by atoms with Gasteiger partial charge in [0.25, 0.3) is 0 Å². The van der Waals surface area contributed by atoms with Gasteiger partial charge in [0.15, 0.2) is 0 Å². The van der Waals surface area contributed by atoms with Crippen LogP contribution in [0.15, 0.2) is 30.3 Å². The van der Waals surface area contributed by atoms with E-state index in [9.17, 15) is 9.90 Å². The largest absolute Gasteiger partial charge is 0.391 e. The zero-order chi connectivity index (χ0) is 16.4. The number of hydrogen-bond donors (Lipinski definition) is 3. The standard InChI is InChI=1S/C17H28N2O3/c1-13(2)8-9-22-12-16(20)11-15(17(21)19-18)10-14-6-4-3-5-7-14/h3-7,13,15-16,20H,8-12,18H2,1-2H3,(H,19,21)/t15-,16+/m1/s1. The molecular weight excluding hydrogens is 280 g/mol. The molecule has 124 valence electrons. The molecule has 0 saturated heterocycles. The van der Waals surface area contributed by atoms with Crippen molar-refractivity contribution >= 4 is 5.91 Å². The van der Waals surface area contributed by atoms with Gasteiger partial charge in [0.1, 0.15) is 0 Å². The first-order valence-electron chi connectivity index (χ1n) is 7.83. The Balaban J connectivity index is 2.45. The Kier molecular flexibility index (Phi) is 8.74. The summed E-state index contributed by atoms with van der Waals surface area (Å²) in [7, 11) is 0. The van der Waals surface area contributed by atoms with Gasteiger partial charge in [-0.25, -0.2) is 5.84 Å². The highest BCUT2D eigenvalue weighted by Crippen LogP contribution is 2.15. The van der Waals surface area contributed by atoms with Crippen LogP contribution in [0.1, 0.15) is 32.3 Å². The first kappa shape index (κ1) is 18.6. The summed E-state index contributed by atoms with van der Waals surface area (Å²) >= 11 is 0. The molecule has 5 nitrogen and oxygen atoms in total. The summed E-state index contributed by atoms with van der Waals surface area (Å²) in [5, 5.41) is 10.1. The van der Waals surface area contributed by atoms with E-state index in [0.29, 0.717) is 25.4 Å². The van der Waals surface area contributed by atoms with Gasteiger partial charge < -0.3 is 9.84 Å². The molecule has 0 aromatic heterocycles. The fourth-order valence-corrected chi connectivity index (χ4v) is 2.23. The molecule has 4 N–H and O–H groups in total. The second-order valence-corrected chi connectivity index (χ2v) is 6.04. The molecule has 1 aromatic carbocycles. The van der Waals surface area contributed by atoms with E-state index < -0.39 is 6.10 Å². The minimum absolute atomic E-state index is 0.246. The lowest BCUT2D eigenvalue weighted by Crippen LogP contribution is -2.39. The summed E-state index contributed by atoms with van der Waals surface area (Å²) in [5.74, 6) is 5.20. The number of carbonyl (C=O) groups is 1. The van der Waals surface area contributed by atoms with Gasteiger partial charge in [-0.3, -0.25) is 10.2 Å². The maximum atomic E-state index is 11.9. The van der Waals surface area contributed by atoms with Gasteiger partial charge in [-0.05, 0) is 30.7 Å². The van der Waals surface area contributed by atoms with Crippen molar-refractivity contribution in [1.82, 2.24) is 5.43 Å². The van der Waals surface area contributed by atoms with Crippen molar-refractivity contribution in [1.29, 1.82) is 0 Å². The van der Waals surface area contributed by atoms with Crippen LogP contribution in [0.25, 0.3) is 0 Å². The fraction of sp³-hybridized carbons (Fsp3) is 0.588. The van der Waals surface area contributed by atoms with Crippen LogP contribution in [0.5, 0.6) is 0 Å². The molecule has 2 atom stereocenters. The van der Waals surface area contributed by atoms with Crippen molar-refractivity contribution in [3.63, 3.8) is 0 Å². The topological polar surface area (TPSA) is 84.6 Å². The highest BCUT2D eigenvalue weighted by molar-refractivity contribution is 5.78. The van der Waals surface area contributed by atoms with Crippen LogP contribution in [-0.4, -0.2) is 30.3 Å². The second-order valence-electron chi connectivity index (χ2n) is 6.04. The summed E-state index contributed by atoms with van der Waals surface area (Å²) in [6.45, 7) is 5.12. The molecular formula is C17H28N2O3. The van der Waals surface area contributed by atoms with E-state index in [0.717, 1.165) is 12.0 Å². The molecule has 0 spiro atoms. The summed E-state index contributed by atoms with van der Waals surface area (Å²) in [5.41, 5.74) is 3.23. The highest BCUT2D eigenvalue weighted by atomic mass is 16.5. The maximum absolute atomic E-state index is 11.9. The van der Waals surface area contributed by atoms with Crippen molar-refractivity contribution in [3.05, 3.63) is 35.9 Å². The number of benzene rings is 1. The smallest absolute Gasteiger partial charge is 0.237 e. The number of amides is 1. The van der Waals surface area contributed by atoms with Crippen LogP contribution >= 0.6 is 0 Å². The third kappa shape index (κ3) is 7.54. The summed E-state index contributed by atoms with van der Waals surface area (Å²) in [6.07, 6.45) is 1.17. The van der Waals surface area contributed by atoms with E-state index in [1.165, 1.54) is 0 Å². The Bertz CT molecular complexity index is 423. The van der Waals surface area contributed by atoms with E-state index in [1.807, 2.05) is 30.3 Å². The van der Waals surface area contributed by atoms with Crippen LogP contribution in [-0.2, 0) is 16.0 Å². The fourth-order valence-electron chi connectivity index (χ4n) is 2.23. The summed E-state index contributed by atoms with van der Waals surface area (Å²) < 4.78 is 5.46. The Hall–Kier alpha value is -1.43. The summed E-state index contributed by atoms with van der Waals surface area (Å²) in [4.78, 5) is 11.9. The van der Waals surface area contributed by atoms with Crippen molar-refractivity contribution in [2.45, 2.75) is 39.2 Å². The van der Waals surface area contributed by atoms with E-state index in [1.54, 1.807) is 0 Å². The third-order valence-electron chi connectivity index (χ3n) is 3.54. The lowest BCUT2D eigenvalue weighted by atomic mass is 9.93. The lowest BCUT2D eigenvalue weighted by Gasteiger charge is -2.19. The molecule has 5 heteroatoms. The van der Waals surface area contributed by atoms with Gasteiger partial charge in [-0.15, -0.1) is 0 Å². The van der Waals surface area contributed by atoms with Gasteiger partial charge in [0, 0.05) is 12.5 Å². The number of aliphatic hydroxyl groups is 1. The van der Waals surface area contributed by atoms with E-state index in [2.05, 4.69) is 19.3 Å². The Morgan fingerprint density at radius 3 is 2.59 bits per heavy atom. The quantitative estimate of drug-likeness (QED) is 0.265. The number of rotatable bonds is 10. The zero-order valence-electron chi connectivity index (χ0n) is 13.5. The van der Waals surface area contributed by atoms with Crippen LogP contribution in [0.2, 0.25) is 0 Å². The highest BCUT2D eigenvalue weighted by Gasteiger charge is 2.22. The molecule has 0 aliphatic heterocycles. The van der Waals surface area contributed by atoms with Crippen LogP contribution in [0.4, 0.5) is 0 Å². The number of carbonyl (C=O) groups excluding carboxylic acids is 1. The average molecular weight is 308 g/mol. The van der Waals surface area contributed by atoms with E-state index in [-0.39, 0.29) is 18.4 Å². The molecule has 0 radical (unpaired) electrons. The minimum atomic E-state index is -0.668. The van der Waals surface area contributed by atoms with Crippen LogP contribution in [0.3, 0.4) is 0 Å². The van der Waals surface area contributed by atoms with Crippen LogP contribution in [0, 0.1) is 11.8 Å². The molecule has 1 aromatic rings. The summed E-state index contributed by atoms with van der Waals surface area (Å²) in [6, 6.07) is 9.71. The Labute approximate surface area is 132 Å². The Morgan fingerprint density at radius 2 is 2.00 bits per heavy atom. The van der Waals surface area contributed by atoms with E-state index in [4.69, 9.17) is 10.6 Å². The SMILES string of the molecule is CC(C)CCOC[C@@H](O)C[C@@H](Cc1ccccc1)C(=O)NN. The van der Waals surface area contributed by atoms with E-state index >= 15 is 0 Å². The molecule has 22 heavy (non-hydrogen) atoms. The van der Waals surface area contributed by atoms with Gasteiger partial charge in [-0.2, -0.15) is 0 Å². The van der Waals surface area contributed by atoms with Crippen molar-refractivity contribution in [3.8, 4) is 0 Å². The third-order valence-corrected chi connectivity index (χ3v) is 3.54. The molecule has 0 aliphatic carbocycles. The van der Waals surface area contributed by atoms with Gasteiger partial charge in [0.05, 0.1) is 12.7 Å². The van der Waals surface area contributed by atoms with Gasteiger partial charge >= 0.3 is 0 Å². The van der Waals surface area contributed by atoms with Crippen LogP contribution < -0.4 is 11.3 Å². The van der Waals surface area contributed by atoms with Crippen molar-refractivity contribution in [2.24, 2.45) is 17.7 Å². The molecule has 0 heterocycles.